The zero-order chi connectivity index (χ0) is 18.1. The third-order valence-corrected chi connectivity index (χ3v) is 5.30. The summed E-state index contributed by atoms with van der Waals surface area (Å²) < 4.78 is 0. The minimum atomic E-state index is 0.129. The van der Waals surface area contributed by atoms with Crippen molar-refractivity contribution in [2.45, 2.75) is 20.8 Å². The van der Waals surface area contributed by atoms with Crippen LogP contribution in [0.1, 0.15) is 36.1 Å². The quantitative estimate of drug-likeness (QED) is 0.485. The number of benzene rings is 3. The first-order chi connectivity index (χ1) is 12.6. The Kier molecular flexibility index (Phi) is 4.12. The van der Waals surface area contributed by atoms with Gasteiger partial charge in [0, 0.05) is 5.41 Å². The predicted octanol–water partition coefficient (Wildman–Crippen LogP) is 6.92. The maximum atomic E-state index is 2.39. The summed E-state index contributed by atoms with van der Waals surface area (Å²) in [5.41, 5.74) is 9.48. The van der Waals surface area contributed by atoms with Crippen molar-refractivity contribution in [2.75, 3.05) is 0 Å². The molecule has 0 heterocycles. The summed E-state index contributed by atoms with van der Waals surface area (Å²) in [5, 5.41) is 0. The Morgan fingerprint density at radius 1 is 0.692 bits per heavy atom. The molecule has 3 aromatic carbocycles. The fraction of sp³-hybridized carbons (Fsp3) is 0.154. The van der Waals surface area contributed by atoms with Gasteiger partial charge in [0.1, 0.15) is 0 Å². The highest BCUT2D eigenvalue weighted by Crippen LogP contribution is 2.59. The molecule has 0 saturated carbocycles. The number of hydrogen-bond acceptors (Lipinski definition) is 0. The lowest BCUT2D eigenvalue weighted by Gasteiger charge is -2.09. The van der Waals surface area contributed by atoms with Crippen molar-refractivity contribution in [3.8, 4) is 0 Å². The Morgan fingerprint density at radius 3 is 1.69 bits per heavy atom. The van der Waals surface area contributed by atoms with E-state index in [4.69, 9.17) is 0 Å². The minimum absolute atomic E-state index is 0.129. The molecule has 0 unspecified atom stereocenters. The first-order valence-corrected chi connectivity index (χ1v) is 9.22. The van der Waals surface area contributed by atoms with Crippen LogP contribution in [-0.4, -0.2) is 0 Å². The largest absolute Gasteiger partial charge is 0.0622 e. The van der Waals surface area contributed by atoms with Crippen molar-refractivity contribution in [1.29, 1.82) is 0 Å². The van der Waals surface area contributed by atoms with E-state index in [1.807, 2.05) is 0 Å². The van der Waals surface area contributed by atoms with Crippen LogP contribution >= 0.6 is 0 Å². The van der Waals surface area contributed by atoms with Gasteiger partial charge in [-0.25, -0.2) is 0 Å². The van der Waals surface area contributed by atoms with Crippen LogP contribution in [0.4, 0.5) is 0 Å². The van der Waals surface area contributed by atoms with Crippen LogP contribution in [0, 0.1) is 12.3 Å². The fourth-order valence-corrected chi connectivity index (χ4v) is 3.70. The topological polar surface area (TPSA) is 0 Å². The molecule has 0 amide bonds. The molecule has 0 aromatic heterocycles. The molecule has 0 saturated heterocycles. The van der Waals surface area contributed by atoms with E-state index in [-0.39, 0.29) is 5.41 Å². The van der Waals surface area contributed by atoms with Gasteiger partial charge in [0.2, 0.25) is 0 Å². The summed E-state index contributed by atoms with van der Waals surface area (Å²) in [7, 11) is 0. The highest BCUT2D eigenvalue weighted by molar-refractivity contribution is 5.96. The van der Waals surface area contributed by atoms with E-state index in [2.05, 4.69) is 112 Å². The molecule has 1 aliphatic carbocycles. The summed E-state index contributed by atoms with van der Waals surface area (Å²) in [6.07, 6.45) is 2.39. The molecule has 128 valence electrons. The van der Waals surface area contributed by atoms with Crippen LogP contribution in [0.2, 0.25) is 0 Å². The third-order valence-electron chi connectivity index (χ3n) is 5.30. The molecule has 0 spiro atoms. The average molecular weight is 336 g/mol. The van der Waals surface area contributed by atoms with Crippen LogP contribution in [0.15, 0.2) is 96.6 Å². The lowest BCUT2D eigenvalue weighted by Crippen LogP contribution is -1.94. The van der Waals surface area contributed by atoms with Gasteiger partial charge in [0.15, 0.2) is 0 Å². The molecule has 0 heteroatoms. The molecule has 0 fully saturated rings. The first kappa shape index (κ1) is 16.6. The lowest BCUT2D eigenvalue weighted by molar-refractivity contribution is 0.724. The van der Waals surface area contributed by atoms with Gasteiger partial charge in [-0.15, -0.1) is 0 Å². The average Bonchev–Trinajstić information content (AvgIpc) is 3.22. The van der Waals surface area contributed by atoms with Crippen molar-refractivity contribution in [3.05, 3.63) is 119 Å². The SMILES string of the molecule is Cc1ccc(C2=C(C=C(c3ccccc3)c3ccccc3)C2(C)C)cc1. The van der Waals surface area contributed by atoms with E-state index in [1.54, 1.807) is 0 Å². The van der Waals surface area contributed by atoms with E-state index in [1.165, 1.54) is 39.0 Å². The van der Waals surface area contributed by atoms with Gasteiger partial charge in [-0.1, -0.05) is 104 Å². The van der Waals surface area contributed by atoms with Crippen LogP contribution in [0.25, 0.3) is 11.1 Å². The Hall–Kier alpha value is -2.86. The molecule has 0 atom stereocenters. The molecule has 0 N–H and O–H groups in total. The van der Waals surface area contributed by atoms with Gasteiger partial charge < -0.3 is 0 Å². The van der Waals surface area contributed by atoms with E-state index in [0.29, 0.717) is 0 Å². The second kappa shape index (κ2) is 6.46. The van der Waals surface area contributed by atoms with Gasteiger partial charge >= 0.3 is 0 Å². The molecule has 0 nitrogen and oxygen atoms in total. The number of hydrogen-bond donors (Lipinski definition) is 0. The van der Waals surface area contributed by atoms with Gasteiger partial charge in [0.05, 0.1) is 0 Å². The smallest absolute Gasteiger partial charge is 0.0159 e. The Labute approximate surface area is 156 Å². The van der Waals surface area contributed by atoms with Crippen molar-refractivity contribution in [1.82, 2.24) is 0 Å². The predicted molar refractivity (Wildman–Crippen MR) is 112 cm³/mol. The first-order valence-electron chi connectivity index (χ1n) is 9.22. The second-order valence-corrected chi connectivity index (χ2v) is 7.57. The molecule has 4 rings (SSSR count). The fourth-order valence-electron chi connectivity index (χ4n) is 3.70. The normalized spacial score (nSPS) is 14.9. The maximum absolute atomic E-state index is 2.39. The Balaban J connectivity index is 1.83. The van der Waals surface area contributed by atoms with E-state index < -0.39 is 0 Å². The zero-order valence-electron chi connectivity index (χ0n) is 15.7. The molecule has 0 bridgehead atoms. The van der Waals surface area contributed by atoms with Crippen molar-refractivity contribution >= 4 is 11.1 Å². The Morgan fingerprint density at radius 2 is 1.19 bits per heavy atom. The molecular formula is C26H24. The van der Waals surface area contributed by atoms with Crippen molar-refractivity contribution < 1.29 is 0 Å². The van der Waals surface area contributed by atoms with E-state index in [9.17, 15) is 0 Å². The maximum Gasteiger partial charge on any atom is 0.0159 e. The molecule has 1 aliphatic rings. The van der Waals surface area contributed by atoms with Crippen LogP contribution in [-0.2, 0) is 0 Å². The summed E-state index contributed by atoms with van der Waals surface area (Å²) in [6, 6.07) is 30.3. The van der Waals surface area contributed by atoms with Gasteiger partial charge in [-0.3, -0.25) is 0 Å². The van der Waals surface area contributed by atoms with Crippen LogP contribution < -0.4 is 0 Å². The van der Waals surface area contributed by atoms with Crippen LogP contribution in [0.3, 0.4) is 0 Å². The van der Waals surface area contributed by atoms with Gasteiger partial charge in [0.25, 0.3) is 0 Å². The zero-order valence-corrected chi connectivity index (χ0v) is 15.7. The minimum Gasteiger partial charge on any atom is -0.0622 e. The molecular weight excluding hydrogens is 312 g/mol. The number of allylic oxidation sites excluding steroid dienone is 3. The Bertz CT molecular complexity index is 928. The monoisotopic (exact) mass is 336 g/mol. The lowest BCUT2D eigenvalue weighted by atomic mass is 9.94. The third kappa shape index (κ3) is 3.04. The van der Waals surface area contributed by atoms with Crippen molar-refractivity contribution in [3.63, 3.8) is 0 Å². The highest BCUT2D eigenvalue weighted by atomic mass is 14.5. The summed E-state index contributed by atoms with van der Waals surface area (Å²) in [4.78, 5) is 0. The summed E-state index contributed by atoms with van der Waals surface area (Å²) in [5.74, 6) is 0. The van der Waals surface area contributed by atoms with Crippen LogP contribution in [0.5, 0.6) is 0 Å². The van der Waals surface area contributed by atoms with E-state index in [0.717, 1.165) is 0 Å². The summed E-state index contributed by atoms with van der Waals surface area (Å²) in [6.45, 7) is 6.78. The van der Waals surface area contributed by atoms with Gasteiger partial charge in [-0.05, 0) is 46.4 Å². The molecule has 3 aromatic rings. The highest BCUT2D eigenvalue weighted by Gasteiger charge is 2.44. The molecule has 0 radical (unpaired) electrons. The van der Waals surface area contributed by atoms with E-state index >= 15 is 0 Å². The standard InChI is InChI=1S/C26H24/c1-19-14-16-22(17-15-19)25-24(26(25,2)3)18-23(20-10-6-4-7-11-20)21-12-8-5-9-13-21/h4-18H,1-3H3. The van der Waals surface area contributed by atoms with Crippen molar-refractivity contribution in [2.24, 2.45) is 5.41 Å². The number of rotatable bonds is 4. The van der Waals surface area contributed by atoms with Gasteiger partial charge in [-0.2, -0.15) is 0 Å². The summed E-state index contributed by atoms with van der Waals surface area (Å²) >= 11 is 0. The molecule has 0 aliphatic heterocycles. The number of aryl methyl sites for hydroxylation is 1. The molecule has 26 heavy (non-hydrogen) atoms. The second-order valence-electron chi connectivity index (χ2n) is 7.57.